The number of methoxy groups -OCH3 is 1. The number of hydrogen-bond acceptors (Lipinski definition) is 4. The van der Waals surface area contributed by atoms with Crippen molar-refractivity contribution < 1.29 is 14.2 Å². The Labute approximate surface area is 102 Å². The number of nitrogens with two attached hydrogens (primary N) is 1. The molecule has 0 amide bonds. The van der Waals surface area contributed by atoms with E-state index in [0.717, 1.165) is 36.5 Å². The monoisotopic (exact) mass is 237 g/mol. The van der Waals surface area contributed by atoms with E-state index >= 15 is 0 Å². The highest BCUT2D eigenvalue weighted by Crippen LogP contribution is 2.25. The topological polar surface area (TPSA) is 53.7 Å². The molecule has 2 rings (SSSR count). The third-order valence-electron chi connectivity index (χ3n) is 2.94. The predicted molar refractivity (Wildman–Crippen MR) is 65.4 cm³/mol. The van der Waals surface area contributed by atoms with Gasteiger partial charge in [0.1, 0.15) is 18.1 Å². The van der Waals surface area contributed by atoms with Crippen LogP contribution < -0.4 is 15.2 Å². The normalized spacial score (nSPS) is 19.3. The van der Waals surface area contributed by atoms with Gasteiger partial charge < -0.3 is 19.9 Å². The molecule has 0 bridgehead atoms. The molecule has 1 saturated heterocycles. The molecule has 0 spiro atoms. The van der Waals surface area contributed by atoms with Crippen molar-refractivity contribution in [3.8, 4) is 11.5 Å². The molecule has 0 aromatic heterocycles. The molecule has 2 N–H and O–H groups in total. The summed E-state index contributed by atoms with van der Waals surface area (Å²) in [5, 5.41) is 0. The van der Waals surface area contributed by atoms with E-state index in [-0.39, 0.29) is 6.10 Å². The Morgan fingerprint density at radius 1 is 1.47 bits per heavy atom. The first-order chi connectivity index (χ1) is 8.33. The van der Waals surface area contributed by atoms with Gasteiger partial charge in [-0.1, -0.05) is 6.07 Å². The fourth-order valence-corrected chi connectivity index (χ4v) is 1.92. The number of benzene rings is 1. The van der Waals surface area contributed by atoms with E-state index in [1.807, 2.05) is 18.2 Å². The van der Waals surface area contributed by atoms with Crippen molar-refractivity contribution in [2.24, 2.45) is 5.73 Å². The standard InChI is InChI=1S/C13H19NO3/c1-15-11-5-4-10(8-14)13(7-11)17-9-12-3-2-6-16-12/h4-5,7,12H,2-3,6,8-9,14H2,1H3. The zero-order chi connectivity index (χ0) is 12.1. The first-order valence-electron chi connectivity index (χ1n) is 5.95. The van der Waals surface area contributed by atoms with Crippen LogP contribution in [0.3, 0.4) is 0 Å². The minimum absolute atomic E-state index is 0.215. The van der Waals surface area contributed by atoms with Crippen LogP contribution in [0.25, 0.3) is 0 Å². The highest BCUT2D eigenvalue weighted by Gasteiger charge is 2.16. The Morgan fingerprint density at radius 3 is 3.00 bits per heavy atom. The van der Waals surface area contributed by atoms with Crippen molar-refractivity contribution >= 4 is 0 Å². The maximum absolute atomic E-state index is 5.77. The van der Waals surface area contributed by atoms with Crippen LogP contribution in [0.2, 0.25) is 0 Å². The zero-order valence-corrected chi connectivity index (χ0v) is 10.1. The van der Waals surface area contributed by atoms with Crippen LogP contribution in [-0.2, 0) is 11.3 Å². The van der Waals surface area contributed by atoms with Gasteiger partial charge in [-0.25, -0.2) is 0 Å². The summed E-state index contributed by atoms with van der Waals surface area (Å²) in [7, 11) is 1.64. The van der Waals surface area contributed by atoms with Crippen LogP contribution in [0.1, 0.15) is 18.4 Å². The second-order valence-corrected chi connectivity index (χ2v) is 4.12. The molecule has 1 aliphatic rings. The molecule has 1 aromatic carbocycles. The van der Waals surface area contributed by atoms with Crippen LogP contribution in [0.4, 0.5) is 0 Å². The molecule has 94 valence electrons. The molecular formula is C13H19NO3. The van der Waals surface area contributed by atoms with Gasteiger partial charge in [0.25, 0.3) is 0 Å². The highest BCUT2D eigenvalue weighted by atomic mass is 16.5. The van der Waals surface area contributed by atoms with Crippen LogP contribution in [-0.4, -0.2) is 26.4 Å². The smallest absolute Gasteiger partial charge is 0.127 e. The van der Waals surface area contributed by atoms with Crippen LogP contribution >= 0.6 is 0 Å². The SMILES string of the molecule is COc1ccc(CN)c(OCC2CCCO2)c1. The first-order valence-corrected chi connectivity index (χ1v) is 5.95. The van der Waals surface area contributed by atoms with Gasteiger partial charge in [-0.05, 0) is 18.9 Å². The molecule has 1 atom stereocenters. The molecule has 4 nitrogen and oxygen atoms in total. The van der Waals surface area contributed by atoms with Crippen molar-refractivity contribution in [3.05, 3.63) is 23.8 Å². The van der Waals surface area contributed by atoms with Gasteiger partial charge in [0.15, 0.2) is 0 Å². The van der Waals surface area contributed by atoms with Crippen LogP contribution in [0, 0.1) is 0 Å². The van der Waals surface area contributed by atoms with E-state index in [9.17, 15) is 0 Å². The predicted octanol–water partition coefficient (Wildman–Crippen LogP) is 1.71. The Balaban J connectivity index is 2.01. The fraction of sp³-hybridized carbons (Fsp3) is 0.538. The fourth-order valence-electron chi connectivity index (χ4n) is 1.92. The van der Waals surface area contributed by atoms with Gasteiger partial charge in [-0.2, -0.15) is 0 Å². The Bertz CT molecular complexity index is 362. The van der Waals surface area contributed by atoms with E-state index in [1.165, 1.54) is 0 Å². The van der Waals surface area contributed by atoms with Crippen molar-refractivity contribution in [1.82, 2.24) is 0 Å². The molecule has 1 unspecified atom stereocenters. The number of rotatable bonds is 5. The summed E-state index contributed by atoms with van der Waals surface area (Å²) in [5.41, 5.74) is 6.66. The molecule has 4 heteroatoms. The molecule has 17 heavy (non-hydrogen) atoms. The van der Waals surface area contributed by atoms with Crippen LogP contribution in [0.5, 0.6) is 11.5 Å². The molecule has 1 heterocycles. The van der Waals surface area contributed by atoms with Crippen molar-refractivity contribution in [1.29, 1.82) is 0 Å². The van der Waals surface area contributed by atoms with Gasteiger partial charge >= 0.3 is 0 Å². The van der Waals surface area contributed by atoms with Crippen LogP contribution in [0.15, 0.2) is 18.2 Å². The van der Waals surface area contributed by atoms with E-state index < -0.39 is 0 Å². The van der Waals surface area contributed by atoms with Crippen molar-refractivity contribution in [2.75, 3.05) is 20.3 Å². The molecule has 1 aromatic rings. The lowest BCUT2D eigenvalue weighted by molar-refractivity contribution is 0.0675. The maximum atomic E-state index is 5.77. The summed E-state index contributed by atoms with van der Waals surface area (Å²) < 4.78 is 16.5. The van der Waals surface area contributed by atoms with E-state index in [0.29, 0.717) is 13.2 Å². The first kappa shape index (κ1) is 12.2. The summed E-state index contributed by atoms with van der Waals surface area (Å²) in [4.78, 5) is 0. The van der Waals surface area contributed by atoms with Gasteiger partial charge in [-0.3, -0.25) is 0 Å². The quantitative estimate of drug-likeness (QED) is 0.847. The van der Waals surface area contributed by atoms with E-state index in [1.54, 1.807) is 7.11 Å². The second-order valence-electron chi connectivity index (χ2n) is 4.12. The molecular weight excluding hydrogens is 218 g/mol. The van der Waals surface area contributed by atoms with Gasteiger partial charge in [0.2, 0.25) is 0 Å². The largest absolute Gasteiger partial charge is 0.497 e. The molecule has 1 fully saturated rings. The molecule has 0 radical (unpaired) electrons. The number of ether oxygens (including phenoxy) is 3. The van der Waals surface area contributed by atoms with Gasteiger partial charge in [-0.15, -0.1) is 0 Å². The minimum Gasteiger partial charge on any atom is -0.497 e. The molecule has 0 saturated carbocycles. The summed E-state index contributed by atoms with van der Waals surface area (Å²) in [6, 6.07) is 5.70. The summed E-state index contributed by atoms with van der Waals surface area (Å²) in [6.45, 7) is 1.89. The lowest BCUT2D eigenvalue weighted by atomic mass is 10.2. The summed E-state index contributed by atoms with van der Waals surface area (Å²) >= 11 is 0. The Kier molecular flexibility index (Phi) is 4.23. The highest BCUT2D eigenvalue weighted by molar-refractivity contribution is 5.40. The maximum Gasteiger partial charge on any atom is 0.127 e. The molecule has 1 aliphatic heterocycles. The van der Waals surface area contributed by atoms with E-state index in [2.05, 4.69) is 0 Å². The zero-order valence-electron chi connectivity index (χ0n) is 10.1. The average molecular weight is 237 g/mol. The lowest BCUT2D eigenvalue weighted by Crippen LogP contribution is -2.17. The van der Waals surface area contributed by atoms with Gasteiger partial charge in [0.05, 0.1) is 13.2 Å². The summed E-state index contributed by atoms with van der Waals surface area (Å²) in [6.07, 6.45) is 2.41. The average Bonchev–Trinajstić information content (AvgIpc) is 2.89. The van der Waals surface area contributed by atoms with Crippen molar-refractivity contribution in [3.63, 3.8) is 0 Å². The second kappa shape index (κ2) is 5.89. The summed E-state index contributed by atoms with van der Waals surface area (Å²) in [5.74, 6) is 1.58. The Morgan fingerprint density at radius 2 is 2.35 bits per heavy atom. The third kappa shape index (κ3) is 3.11. The number of hydrogen-bond donors (Lipinski definition) is 1. The minimum atomic E-state index is 0.215. The van der Waals surface area contributed by atoms with Crippen molar-refractivity contribution in [2.45, 2.75) is 25.5 Å². The lowest BCUT2D eigenvalue weighted by Gasteiger charge is -2.14. The van der Waals surface area contributed by atoms with E-state index in [4.69, 9.17) is 19.9 Å². The third-order valence-corrected chi connectivity index (χ3v) is 2.94. The molecule has 0 aliphatic carbocycles. The Hall–Kier alpha value is -1.26. The van der Waals surface area contributed by atoms with Gasteiger partial charge in [0, 0.05) is 24.8 Å².